The number of amides is 1. The van der Waals surface area contributed by atoms with Gasteiger partial charge in [0.1, 0.15) is 0 Å². The van der Waals surface area contributed by atoms with Crippen molar-refractivity contribution in [3.05, 3.63) is 34.3 Å². The fourth-order valence-electron chi connectivity index (χ4n) is 2.17. The zero-order valence-electron chi connectivity index (χ0n) is 13.8. The summed E-state index contributed by atoms with van der Waals surface area (Å²) in [6, 6.07) is 8.52. The monoisotopic (exact) mass is 380 g/mol. The fourth-order valence-corrected chi connectivity index (χ4v) is 2.58. The number of carbonyl (C=O) groups is 1. The van der Waals surface area contributed by atoms with Gasteiger partial charge < -0.3 is 15.5 Å². The summed E-state index contributed by atoms with van der Waals surface area (Å²) >= 11 is 3.52. The largest absolute Gasteiger partial charge is 0.357 e. The molecule has 1 amide bonds. The van der Waals surface area contributed by atoms with Crippen molar-refractivity contribution in [3.8, 4) is 0 Å². The first kappa shape index (κ1) is 17.8. The predicted octanol–water partition coefficient (Wildman–Crippen LogP) is 2.52. The molecule has 0 aliphatic heterocycles. The number of hydrogen-bond acceptors (Lipinski definition) is 2. The van der Waals surface area contributed by atoms with E-state index in [2.05, 4.69) is 31.6 Å². The van der Waals surface area contributed by atoms with E-state index in [4.69, 9.17) is 0 Å². The van der Waals surface area contributed by atoms with Gasteiger partial charge in [0.2, 0.25) is 5.91 Å². The highest BCUT2D eigenvalue weighted by molar-refractivity contribution is 9.10. The van der Waals surface area contributed by atoms with Crippen LogP contribution in [0.25, 0.3) is 0 Å². The third-order valence-corrected chi connectivity index (χ3v) is 4.42. The highest BCUT2D eigenvalue weighted by atomic mass is 79.9. The summed E-state index contributed by atoms with van der Waals surface area (Å²) in [4.78, 5) is 18.5. The maximum Gasteiger partial charge on any atom is 0.224 e. The number of nitrogens with zero attached hydrogens (tertiary/aromatic N) is 2. The highest BCUT2D eigenvalue weighted by Gasteiger charge is 2.22. The van der Waals surface area contributed by atoms with E-state index in [-0.39, 0.29) is 5.91 Å². The second kappa shape index (κ2) is 8.91. The molecule has 126 valence electrons. The Morgan fingerprint density at radius 3 is 2.78 bits per heavy atom. The first-order valence-corrected chi connectivity index (χ1v) is 8.91. The third kappa shape index (κ3) is 6.22. The van der Waals surface area contributed by atoms with E-state index >= 15 is 0 Å². The summed E-state index contributed by atoms with van der Waals surface area (Å²) in [5, 5.41) is 6.56. The molecule has 0 radical (unpaired) electrons. The van der Waals surface area contributed by atoms with Crippen molar-refractivity contribution in [3.63, 3.8) is 0 Å². The molecule has 5 nitrogen and oxygen atoms in total. The quantitative estimate of drug-likeness (QED) is 0.564. The molecule has 0 atom stereocenters. The van der Waals surface area contributed by atoms with Crippen LogP contribution < -0.4 is 10.6 Å². The zero-order valence-corrected chi connectivity index (χ0v) is 15.4. The molecule has 6 heteroatoms. The van der Waals surface area contributed by atoms with Gasteiger partial charge in [-0.2, -0.15) is 0 Å². The van der Waals surface area contributed by atoms with Crippen LogP contribution in [-0.2, 0) is 11.3 Å². The van der Waals surface area contributed by atoms with Crippen molar-refractivity contribution in [1.82, 2.24) is 15.5 Å². The molecular weight excluding hydrogens is 356 g/mol. The molecule has 0 aromatic heterocycles. The Balaban J connectivity index is 1.79. The Labute approximate surface area is 146 Å². The van der Waals surface area contributed by atoms with Gasteiger partial charge in [0, 0.05) is 37.1 Å². The second-order valence-electron chi connectivity index (χ2n) is 5.77. The maximum atomic E-state index is 12.2. The van der Waals surface area contributed by atoms with Crippen LogP contribution in [0, 0.1) is 0 Å². The van der Waals surface area contributed by atoms with Gasteiger partial charge in [-0.15, -0.1) is 0 Å². The number of rotatable bonds is 7. The van der Waals surface area contributed by atoms with Crippen molar-refractivity contribution >= 4 is 27.8 Å². The van der Waals surface area contributed by atoms with Crippen LogP contribution in [0.15, 0.2) is 33.7 Å². The minimum absolute atomic E-state index is 0.103. The summed E-state index contributed by atoms with van der Waals surface area (Å²) in [5.74, 6) is 0.919. The van der Waals surface area contributed by atoms with Gasteiger partial charge in [-0.1, -0.05) is 34.1 Å². The molecule has 2 N–H and O–H groups in total. The summed E-state index contributed by atoms with van der Waals surface area (Å²) in [7, 11) is 1.83. The molecule has 2 rings (SSSR count). The van der Waals surface area contributed by atoms with E-state index in [1.54, 1.807) is 4.90 Å². The lowest BCUT2D eigenvalue weighted by molar-refractivity contribution is -0.130. The first-order valence-electron chi connectivity index (χ1n) is 8.12. The van der Waals surface area contributed by atoms with Crippen LogP contribution in [0.2, 0.25) is 0 Å². The second-order valence-corrected chi connectivity index (χ2v) is 6.62. The van der Waals surface area contributed by atoms with Crippen molar-refractivity contribution in [1.29, 1.82) is 0 Å². The molecule has 1 aromatic carbocycles. The average Bonchev–Trinajstić information content (AvgIpc) is 3.33. The molecule has 0 spiro atoms. The van der Waals surface area contributed by atoms with Crippen LogP contribution in [-0.4, -0.2) is 42.9 Å². The summed E-state index contributed by atoms with van der Waals surface area (Å²) in [5.41, 5.74) is 1.11. The van der Waals surface area contributed by atoms with E-state index < -0.39 is 0 Å². The molecule has 0 saturated heterocycles. The number of halogens is 1. The van der Waals surface area contributed by atoms with Crippen molar-refractivity contribution in [2.24, 2.45) is 4.99 Å². The summed E-state index contributed by atoms with van der Waals surface area (Å²) in [6.07, 6.45) is 2.83. The van der Waals surface area contributed by atoms with Gasteiger partial charge in [-0.05, 0) is 31.4 Å². The Bertz CT molecular complexity index is 557. The maximum absolute atomic E-state index is 12.2. The van der Waals surface area contributed by atoms with Gasteiger partial charge in [0.15, 0.2) is 5.96 Å². The number of aliphatic imine (C=N–C) groups is 1. The molecule has 0 unspecified atom stereocenters. The third-order valence-electron chi connectivity index (χ3n) is 3.65. The Kier molecular flexibility index (Phi) is 6.89. The van der Waals surface area contributed by atoms with Gasteiger partial charge >= 0.3 is 0 Å². The van der Waals surface area contributed by atoms with Gasteiger partial charge in [-0.25, -0.2) is 0 Å². The molecule has 1 fully saturated rings. The normalized spacial score (nSPS) is 14.5. The van der Waals surface area contributed by atoms with Gasteiger partial charge in [-0.3, -0.25) is 9.79 Å². The molecule has 0 bridgehead atoms. The molecule has 1 aliphatic rings. The van der Waals surface area contributed by atoms with Crippen LogP contribution in [0.3, 0.4) is 0 Å². The van der Waals surface area contributed by atoms with E-state index in [1.165, 1.54) is 12.8 Å². The topological polar surface area (TPSA) is 56.7 Å². The number of guanidine groups is 1. The number of benzene rings is 1. The number of nitrogens with one attached hydrogen (secondary N) is 2. The van der Waals surface area contributed by atoms with Crippen molar-refractivity contribution < 1.29 is 4.79 Å². The van der Waals surface area contributed by atoms with Gasteiger partial charge in [0.25, 0.3) is 0 Å². The van der Waals surface area contributed by atoms with Crippen molar-refractivity contribution in [2.75, 3.05) is 20.1 Å². The number of carbonyl (C=O) groups excluding carboxylic acids is 1. The molecular formula is C17H25BrN4O. The smallest absolute Gasteiger partial charge is 0.224 e. The SMILES string of the molecule is CCNC(=NCCC(=O)N(C)Cc1ccccc1Br)NC1CC1. The van der Waals surface area contributed by atoms with E-state index in [0.717, 1.165) is 22.5 Å². The van der Waals surface area contributed by atoms with Crippen LogP contribution in [0.5, 0.6) is 0 Å². The molecule has 23 heavy (non-hydrogen) atoms. The Morgan fingerprint density at radius 2 is 2.13 bits per heavy atom. The lowest BCUT2D eigenvalue weighted by Crippen LogP contribution is -2.38. The number of hydrogen-bond donors (Lipinski definition) is 2. The van der Waals surface area contributed by atoms with Gasteiger partial charge in [0.05, 0.1) is 6.54 Å². The van der Waals surface area contributed by atoms with Crippen LogP contribution in [0.1, 0.15) is 31.7 Å². The summed E-state index contributed by atoms with van der Waals surface area (Å²) in [6.45, 7) is 3.97. The lowest BCUT2D eigenvalue weighted by Gasteiger charge is -2.18. The molecule has 0 heterocycles. The van der Waals surface area contributed by atoms with E-state index in [0.29, 0.717) is 25.6 Å². The lowest BCUT2D eigenvalue weighted by atomic mass is 10.2. The fraction of sp³-hybridized carbons (Fsp3) is 0.529. The molecule has 1 aliphatic carbocycles. The minimum atomic E-state index is 0.103. The van der Waals surface area contributed by atoms with E-state index in [1.807, 2.05) is 38.2 Å². The highest BCUT2D eigenvalue weighted by Crippen LogP contribution is 2.18. The standard InChI is InChI=1S/C17H25BrN4O/c1-3-19-17(21-14-8-9-14)20-11-10-16(23)22(2)12-13-6-4-5-7-15(13)18/h4-7,14H,3,8-12H2,1-2H3,(H2,19,20,21). The van der Waals surface area contributed by atoms with Crippen LogP contribution in [0.4, 0.5) is 0 Å². The minimum Gasteiger partial charge on any atom is -0.357 e. The van der Waals surface area contributed by atoms with E-state index in [9.17, 15) is 4.79 Å². The molecule has 1 saturated carbocycles. The Hall–Kier alpha value is -1.56. The predicted molar refractivity (Wildman–Crippen MR) is 97.4 cm³/mol. The average molecular weight is 381 g/mol. The first-order chi connectivity index (χ1) is 11.1. The zero-order chi connectivity index (χ0) is 16.7. The van der Waals surface area contributed by atoms with Crippen LogP contribution >= 0.6 is 15.9 Å². The summed E-state index contributed by atoms with van der Waals surface area (Å²) < 4.78 is 1.03. The Morgan fingerprint density at radius 1 is 1.39 bits per heavy atom. The molecule has 1 aromatic rings. The van der Waals surface area contributed by atoms with Crippen molar-refractivity contribution in [2.45, 2.75) is 38.8 Å².